The maximum absolute atomic E-state index is 13.1. The number of piperazine rings is 1. The number of halogens is 3. The van der Waals surface area contributed by atoms with Crippen LogP contribution in [0.25, 0.3) is 0 Å². The molecule has 0 N–H and O–H groups in total. The Hall–Kier alpha value is -1.60. The maximum Gasteiger partial charge on any atom is 0.417 e. The Morgan fingerprint density at radius 2 is 1.88 bits per heavy atom. The van der Waals surface area contributed by atoms with Crippen molar-refractivity contribution in [2.24, 2.45) is 0 Å². The van der Waals surface area contributed by atoms with Crippen LogP contribution in [0, 0.1) is 0 Å². The summed E-state index contributed by atoms with van der Waals surface area (Å²) in [4.78, 5) is 16.2. The fraction of sp³-hybridized carbons (Fsp3) is 0.588. The number of ether oxygens (including phenoxy) is 1. The number of carbonyl (C=O) groups is 1. The van der Waals surface area contributed by atoms with Crippen molar-refractivity contribution in [3.8, 4) is 0 Å². The van der Waals surface area contributed by atoms with Crippen molar-refractivity contribution >= 4 is 5.91 Å². The van der Waals surface area contributed by atoms with Gasteiger partial charge in [-0.25, -0.2) is 0 Å². The molecule has 2 fully saturated rings. The molecule has 132 valence electrons. The summed E-state index contributed by atoms with van der Waals surface area (Å²) in [7, 11) is 0. The Kier molecular flexibility index (Phi) is 5.10. The van der Waals surface area contributed by atoms with Crippen molar-refractivity contribution in [2.45, 2.75) is 25.1 Å². The maximum atomic E-state index is 13.1. The average Bonchev–Trinajstić information content (AvgIpc) is 3.07. The molecule has 0 saturated carbocycles. The van der Waals surface area contributed by atoms with Crippen LogP contribution in [0.15, 0.2) is 24.3 Å². The molecule has 24 heavy (non-hydrogen) atoms. The molecule has 1 aromatic carbocycles. The van der Waals surface area contributed by atoms with Crippen LogP contribution < -0.4 is 0 Å². The molecule has 0 spiro atoms. The van der Waals surface area contributed by atoms with Crippen molar-refractivity contribution < 1.29 is 22.7 Å². The number of hydrogen-bond acceptors (Lipinski definition) is 3. The van der Waals surface area contributed by atoms with E-state index in [4.69, 9.17) is 4.74 Å². The van der Waals surface area contributed by atoms with E-state index >= 15 is 0 Å². The van der Waals surface area contributed by atoms with E-state index in [0.29, 0.717) is 26.2 Å². The van der Waals surface area contributed by atoms with E-state index in [2.05, 4.69) is 4.90 Å². The molecular formula is C17H21F3N2O2. The summed E-state index contributed by atoms with van der Waals surface area (Å²) in [6.45, 7) is 3.85. The topological polar surface area (TPSA) is 32.8 Å². The normalized spacial score (nSPS) is 22.8. The van der Waals surface area contributed by atoms with Gasteiger partial charge in [0, 0.05) is 39.3 Å². The van der Waals surface area contributed by atoms with Gasteiger partial charge in [-0.2, -0.15) is 13.2 Å². The number of alkyl halides is 3. The lowest BCUT2D eigenvalue weighted by molar-refractivity contribution is -0.138. The lowest BCUT2D eigenvalue weighted by atomic mass is 10.1. The molecule has 2 aliphatic rings. The van der Waals surface area contributed by atoms with E-state index in [-0.39, 0.29) is 11.7 Å². The van der Waals surface area contributed by atoms with Crippen molar-refractivity contribution in [2.75, 3.05) is 39.3 Å². The first-order valence-electron chi connectivity index (χ1n) is 8.24. The van der Waals surface area contributed by atoms with Gasteiger partial charge in [0.25, 0.3) is 5.91 Å². The zero-order valence-electron chi connectivity index (χ0n) is 13.4. The van der Waals surface area contributed by atoms with Crippen LogP contribution in [-0.4, -0.2) is 61.1 Å². The highest BCUT2D eigenvalue weighted by Gasteiger charge is 2.36. The van der Waals surface area contributed by atoms with E-state index in [9.17, 15) is 18.0 Å². The van der Waals surface area contributed by atoms with Gasteiger partial charge >= 0.3 is 6.18 Å². The van der Waals surface area contributed by atoms with Gasteiger partial charge in [-0.1, -0.05) is 12.1 Å². The molecule has 2 heterocycles. The number of rotatable bonds is 3. The van der Waals surface area contributed by atoms with E-state index in [1.165, 1.54) is 23.1 Å². The first-order chi connectivity index (χ1) is 11.4. The molecule has 7 heteroatoms. The van der Waals surface area contributed by atoms with Crippen LogP contribution in [0.3, 0.4) is 0 Å². The standard InChI is InChI=1S/C17H21F3N2O2/c18-17(19,20)15-6-2-1-5-14(15)16(23)22-9-7-21(8-10-22)12-13-4-3-11-24-13/h1-2,5-6,13H,3-4,7-12H2. The van der Waals surface area contributed by atoms with Gasteiger partial charge in [-0.3, -0.25) is 9.69 Å². The van der Waals surface area contributed by atoms with E-state index in [0.717, 1.165) is 32.1 Å². The Bertz CT molecular complexity index is 577. The summed E-state index contributed by atoms with van der Waals surface area (Å²) in [6.07, 6.45) is -2.14. The molecule has 1 amide bonds. The van der Waals surface area contributed by atoms with Crippen LogP contribution in [0.4, 0.5) is 13.2 Å². The van der Waals surface area contributed by atoms with Gasteiger partial charge in [-0.05, 0) is 25.0 Å². The second-order valence-electron chi connectivity index (χ2n) is 6.27. The first kappa shape index (κ1) is 17.2. The summed E-state index contributed by atoms with van der Waals surface area (Å²) in [5.41, 5.74) is -1.13. The number of carbonyl (C=O) groups excluding carboxylic acids is 1. The average molecular weight is 342 g/mol. The molecule has 1 unspecified atom stereocenters. The van der Waals surface area contributed by atoms with Gasteiger partial charge in [0.15, 0.2) is 0 Å². The van der Waals surface area contributed by atoms with E-state index < -0.39 is 17.6 Å². The minimum absolute atomic E-state index is 0.248. The highest BCUT2D eigenvalue weighted by Crippen LogP contribution is 2.32. The predicted octanol–water partition coefficient (Wildman–Crippen LogP) is 2.64. The van der Waals surface area contributed by atoms with Crippen molar-refractivity contribution in [3.63, 3.8) is 0 Å². The smallest absolute Gasteiger partial charge is 0.377 e. The van der Waals surface area contributed by atoms with E-state index in [1.807, 2.05) is 0 Å². The minimum Gasteiger partial charge on any atom is -0.377 e. The van der Waals surface area contributed by atoms with Crippen molar-refractivity contribution in [3.05, 3.63) is 35.4 Å². The van der Waals surface area contributed by atoms with Crippen LogP contribution in [0.1, 0.15) is 28.8 Å². The summed E-state index contributed by atoms with van der Waals surface area (Å²) in [6, 6.07) is 4.99. The fourth-order valence-corrected chi connectivity index (χ4v) is 3.30. The second kappa shape index (κ2) is 7.11. The molecule has 0 radical (unpaired) electrons. The Labute approximate surface area is 139 Å². The fourth-order valence-electron chi connectivity index (χ4n) is 3.30. The third kappa shape index (κ3) is 3.89. The quantitative estimate of drug-likeness (QED) is 0.847. The van der Waals surface area contributed by atoms with Crippen molar-refractivity contribution in [1.29, 1.82) is 0 Å². The number of hydrogen-bond donors (Lipinski definition) is 0. The molecule has 3 rings (SSSR count). The van der Waals surface area contributed by atoms with Crippen LogP contribution in [0.2, 0.25) is 0 Å². The second-order valence-corrected chi connectivity index (χ2v) is 6.27. The van der Waals surface area contributed by atoms with Crippen LogP contribution in [-0.2, 0) is 10.9 Å². The lowest BCUT2D eigenvalue weighted by Crippen LogP contribution is -2.50. The highest BCUT2D eigenvalue weighted by molar-refractivity contribution is 5.96. The largest absolute Gasteiger partial charge is 0.417 e. The molecule has 2 saturated heterocycles. The van der Waals surface area contributed by atoms with Crippen molar-refractivity contribution in [1.82, 2.24) is 9.80 Å². The zero-order valence-corrected chi connectivity index (χ0v) is 13.4. The Morgan fingerprint density at radius 1 is 1.17 bits per heavy atom. The highest BCUT2D eigenvalue weighted by atomic mass is 19.4. The van der Waals surface area contributed by atoms with Gasteiger partial charge in [0.05, 0.1) is 17.2 Å². The van der Waals surface area contributed by atoms with Gasteiger partial charge in [0.2, 0.25) is 0 Å². The number of amides is 1. The Morgan fingerprint density at radius 3 is 2.50 bits per heavy atom. The van der Waals surface area contributed by atoms with Gasteiger partial charge in [0.1, 0.15) is 0 Å². The molecule has 0 aliphatic carbocycles. The van der Waals surface area contributed by atoms with Gasteiger partial charge < -0.3 is 9.64 Å². The molecule has 2 aliphatic heterocycles. The SMILES string of the molecule is O=C(c1ccccc1C(F)(F)F)N1CCN(CC2CCCO2)CC1. The summed E-state index contributed by atoms with van der Waals surface area (Å²) in [5.74, 6) is -0.542. The first-order valence-corrected chi connectivity index (χ1v) is 8.24. The predicted molar refractivity (Wildman–Crippen MR) is 82.8 cm³/mol. The lowest BCUT2D eigenvalue weighted by Gasteiger charge is -2.36. The molecule has 0 aromatic heterocycles. The Balaban J connectivity index is 1.61. The third-order valence-electron chi connectivity index (χ3n) is 4.61. The molecule has 1 aromatic rings. The van der Waals surface area contributed by atoms with Crippen LogP contribution in [0.5, 0.6) is 0 Å². The summed E-state index contributed by atoms with van der Waals surface area (Å²) < 4.78 is 44.8. The molecule has 1 atom stereocenters. The zero-order chi connectivity index (χ0) is 17.2. The summed E-state index contributed by atoms with van der Waals surface area (Å²) in [5, 5.41) is 0. The number of benzene rings is 1. The molecular weight excluding hydrogens is 321 g/mol. The minimum atomic E-state index is -4.52. The monoisotopic (exact) mass is 342 g/mol. The third-order valence-corrected chi connectivity index (χ3v) is 4.61. The van der Waals surface area contributed by atoms with Crippen LogP contribution >= 0.6 is 0 Å². The number of nitrogens with zero attached hydrogens (tertiary/aromatic N) is 2. The van der Waals surface area contributed by atoms with Gasteiger partial charge in [-0.15, -0.1) is 0 Å². The summed E-state index contributed by atoms with van der Waals surface area (Å²) >= 11 is 0. The molecule has 4 nitrogen and oxygen atoms in total. The molecule has 0 bridgehead atoms. The van der Waals surface area contributed by atoms with E-state index in [1.54, 1.807) is 0 Å².